The highest BCUT2D eigenvalue weighted by Gasteiger charge is 2.30. The summed E-state index contributed by atoms with van der Waals surface area (Å²) in [7, 11) is 0. The largest absolute Gasteiger partial charge is 0.327 e. The summed E-state index contributed by atoms with van der Waals surface area (Å²) in [6.07, 6.45) is 7.05. The van der Waals surface area contributed by atoms with Crippen LogP contribution in [0.15, 0.2) is 0 Å². The van der Waals surface area contributed by atoms with E-state index in [4.69, 9.17) is 5.73 Å². The third-order valence-corrected chi connectivity index (χ3v) is 4.64. The Kier molecular flexibility index (Phi) is 2.97. The van der Waals surface area contributed by atoms with E-state index in [0.29, 0.717) is 6.04 Å². The number of hydrogen-bond donors (Lipinski definition) is 1. The predicted octanol–water partition coefficient (Wildman–Crippen LogP) is 2.26. The molecule has 1 saturated heterocycles. The van der Waals surface area contributed by atoms with Crippen molar-refractivity contribution in [1.29, 1.82) is 0 Å². The van der Waals surface area contributed by atoms with Crippen molar-refractivity contribution in [3.8, 4) is 0 Å². The van der Waals surface area contributed by atoms with Crippen molar-refractivity contribution in [2.45, 2.75) is 38.1 Å². The minimum Gasteiger partial charge on any atom is -0.327 e. The quantitative estimate of drug-likeness (QED) is 0.714. The predicted molar refractivity (Wildman–Crippen MR) is 55.4 cm³/mol. The third kappa shape index (κ3) is 1.80. The van der Waals surface area contributed by atoms with E-state index in [1.54, 1.807) is 0 Å². The molecule has 2 heteroatoms. The molecule has 0 aromatic rings. The molecule has 1 heterocycles. The van der Waals surface area contributed by atoms with E-state index in [2.05, 4.69) is 11.8 Å². The van der Waals surface area contributed by atoms with Crippen LogP contribution in [0.25, 0.3) is 0 Å². The van der Waals surface area contributed by atoms with Gasteiger partial charge in [-0.25, -0.2) is 0 Å². The first kappa shape index (κ1) is 8.89. The molecule has 1 saturated carbocycles. The summed E-state index contributed by atoms with van der Waals surface area (Å²) in [5.41, 5.74) is 6.27. The molecule has 2 rings (SSSR count). The van der Waals surface area contributed by atoms with E-state index in [0.717, 1.165) is 11.8 Å². The van der Waals surface area contributed by atoms with Crippen LogP contribution in [0.2, 0.25) is 0 Å². The Balaban J connectivity index is 1.84. The van der Waals surface area contributed by atoms with Gasteiger partial charge in [-0.1, -0.05) is 12.8 Å². The van der Waals surface area contributed by atoms with Crippen LogP contribution >= 0.6 is 11.8 Å². The minimum atomic E-state index is 0.530. The molecule has 1 aliphatic carbocycles. The molecule has 70 valence electrons. The van der Waals surface area contributed by atoms with Crippen LogP contribution in [0.4, 0.5) is 0 Å². The number of rotatable bonds is 2. The molecule has 0 aromatic heterocycles. The van der Waals surface area contributed by atoms with E-state index in [-0.39, 0.29) is 0 Å². The molecular weight excluding hydrogens is 166 g/mol. The van der Waals surface area contributed by atoms with Crippen molar-refractivity contribution in [3.05, 3.63) is 0 Å². The number of hydrogen-bond acceptors (Lipinski definition) is 2. The van der Waals surface area contributed by atoms with Gasteiger partial charge in [0.25, 0.3) is 0 Å². The number of thioether (sulfide) groups is 1. The van der Waals surface area contributed by atoms with Crippen molar-refractivity contribution >= 4 is 11.8 Å². The van der Waals surface area contributed by atoms with Crippen LogP contribution < -0.4 is 5.73 Å². The Hall–Kier alpha value is 0.310. The van der Waals surface area contributed by atoms with Crippen molar-refractivity contribution in [1.82, 2.24) is 0 Å². The first-order valence-electron chi connectivity index (χ1n) is 5.21. The lowest BCUT2D eigenvalue weighted by atomic mass is 9.87. The molecule has 2 atom stereocenters. The maximum Gasteiger partial charge on any atom is 0.0104 e. The summed E-state index contributed by atoms with van der Waals surface area (Å²) in [5, 5.41) is 0. The van der Waals surface area contributed by atoms with Crippen molar-refractivity contribution in [3.63, 3.8) is 0 Å². The fourth-order valence-corrected chi connectivity index (χ4v) is 3.91. The molecule has 0 spiro atoms. The van der Waals surface area contributed by atoms with E-state index in [9.17, 15) is 0 Å². The lowest BCUT2D eigenvalue weighted by molar-refractivity contribution is 0.335. The molecular formula is C10H19NS. The Bertz CT molecular complexity index is 121. The standard InChI is InChI=1S/C10H19NS/c11-10(8-3-1-2-4-8)9-5-6-12-7-9/h8-10H,1-7,11H2. The third-order valence-electron chi connectivity index (χ3n) is 3.45. The number of nitrogens with two attached hydrogens (primary N) is 1. The molecule has 2 fully saturated rings. The van der Waals surface area contributed by atoms with Gasteiger partial charge in [0.05, 0.1) is 0 Å². The molecule has 2 aliphatic rings. The summed E-state index contributed by atoms with van der Waals surface area (Å²) >= 11 is 2.09. The second-order valence-corrected chi connectivity index (χ2v) is 5.40. The van der Waals surface area contributed by atoms with Gasteiger partial charge in [-0.05, 0) is 42.6 Å². The van der Waals surface area contributed by atoms with Gasteiger partial charge in [0.2, 0.25) is 0 Å². The second-order valence-electron chi connectivity index (χ2n) is 4.25. The van der Waals surface area contributed by atoms with Crippen LogP contribution in [-0.2, 0) is 0 Å². The molecule has 1 aliphatic heterocycles. The van der Waals surface area contributed by atoms with Crippen molar-refractivity contribution in [2.24, 2.45) is 17.6 Å². The zero-order valence-corrected chi connectivity index (χ0v) is 8.48. The molecule has 0 bridgehead atoms. The second kappa shape index (κ2) is 4.01. The smallest absolute Gasteiger partial charge is 0.0104 e. The molecule has 0 radical (unpaired) electrons. The Morgan fingerprint density at radius 1 is 1.08 bits per heavy atom. The zero-order chi connectivity index (χ0) is 8.39. The van der Waals surface area contributed by atoms with Crippen LogP contribution in [0.3, 0.4) is 0 Å². The van der Waals surface area contributed by atoms with Crippen LogP contribution in [0.5, 0.6) is 0 Å². The van der Waals surface area contributed by atoms with E-state index in [1.165, 1.54) is 43.6 Å². The molecule has 2 unspecified atom stereocenters. The Morgan fingerprint density at radius 2 is 1.83 bits per heavy atom. The van der Waals surface area contributed by atoms with Crippen molar-refractivity contribution in [2.75, 3.05) is 11.5 Å². The molecule has 2 N–H and O–H groups in total. The van der Waals surface area contributed by atoms with Gasteiger partial charge in [0.15, 0.2) is 0 Å². The highest BCUT2D eigenvalue weighted by Crippen LogP contribution is 2.34. The summed E-state index contributed by atoms with van der Waals surface area (Å²) in [6.45, 7) is 0. The highest BCUT2D eigenvalue weighted by atomic mass is 32.2. The van der Waals surface area contributed by atoms with Gasteiger partial charge < -0.3 is 5.73 Å². The van der Waals surface area contributed by atoms with E-state index >= 15 is 0 Å². The summed E-state index contributed by atoms with van der Waals surface area (Å²) in [6, 6.07) is 0.530. The monoisotopic (exact) mass is 185 g/mol. The summed E-state index contributed by atoms with van der Waals surface area (Å²) in [5.74, 6) is 4.40. The normalized spacial score (nSPS) is 34.2. The minimum absolute atomic E-state index is 0.530. The maximum absolute atomic E-state index is 6.27. The van der Waals surface area contributed by atoms with E-state index in [1.807, 2.05) is 0 Å². The zero-order valence-electron chi connectivity index (χ0n) is 7.67. The SMILES string of the molecule is NC(C1CCCC1)C1CCSC1. The van der Waals surface area contributed by atoms with Gasteiger partial charge in [0.1, 0.15) is 0 Å². The molecule has 0 amide bonds. The van der Waals surface area contributed by atoms with Crippen LogP contribution in [0.1, 0.15) is 32.1 Å². The van der Waals surface area contributed by atoms with Gasteiger partial charge in [-0.15, -0.1) is 0 Å². The van der Waals surface area contributed by atoms with E-state index < -0.39 is 0 Å². The van der Waals surface area contributed by atoms with Crippen molar-refractivity contribution < 1.29 is 0 Å². The Labute approximate surface area is 79.5 Å². The summed E-state index contributed by atoms with van der Waals surface area (Å²) < 4.78 is 0. The van der Waals surface area contributed by atoms with Gasteiger partial charge in [0, 0.05) is 6.04 Å². The van der Waals surface area contributed by atoms with Gasteiger partial charge in [-0.3, -0.25) is 0 Å². The van der Waals surface area contributed by atoms with Gasteiger partial charge >= 0.3 is 0 Å². The maximum atomic E-state index is 6.27. The average molecular weight is 185 g/mol. The average Bonchev–Trinajstić information content (AvgIpc) is 2.77. The lowest BCUT2D eigenvalue weighted by Crippen LogP contribution is -2.36. The van der Waals surface area contributed by atoms with Crippen LogP contribution in [0, 0.1) is 11.8 Å². The molecule has 12 heavy (non-hydrogen) atoms. The first-order valence-corrected chi connectivity index (χ1v) is 6.37. The molecule has 1 nitrogen and oxygen atoms in total. The first-order chi connectivity index (χ1) is 5.88. The fourth-order valence-electron chi connectivity index (χ4n) is 2.58. The topological polar surface area (TPSA) is 26.0 Å². The van der Waals surface area contributed by atoms with Gasteiger partial charge in [-0.2, -0.15) is 11.8 Å². The molecule has 0 aromatic carbocycles. The summed E-state index contributed by atoms with van der Waals surface area (Å²) in [4.78, 5) is 0. The Morgan fingerprint density at radius 3 is 2.42 bits per heavy atom. The highest BCUT2D eigenvalue weighted by molar-refractivity contribution is 7.99. The van der Waals surface area contributed by atoms with Crippen LogP contribution in [-0.4, -0.2) is 17.5 Å². The fraction of sp³-hybridized carbons (Fsp3) is 1.00. The lowest BCUT2D eigenvalue weighted by Gasteiger charge is -2.24.